The first kappa shape index (κ1) is 16.9. The summed E-state index contributed by atoms with van der Waals surface area (Å²) in [6.45, 7) is 5.33. The number of aromatic nitrogens is 1. The van der Waals surface area contributed by atoms with Gasteiger partial charge < -0.3 is 19.9 Å². The molecule has 124 valence electrons. The molecule has 6 heteroatoms. The molecule has 0 saturated heterocycles. The second-order valence-electron chi connectivity index (χ2n) is 5.46. The zero-order valence-corrected chi connectivity index (χ0v) is 14.1. The minimum atomic E-state index is 0.357. The molecule has 0 radical (unpaired) electrons. The summed E-state index contributed by atoms with van der Waals surface area (Å²) < 4.78 is 10.6. The second-order valence-corrected chi connectivity index (χ2v) is 5.46. The van der Waals surface area contributed by atoms with Crippen molar-refractivity contribution in [2.45, 2.75) is 32.9 Å². The summed E-state index contributed by atoms with van der Waals surface area (Å²) in [5.74, 6) is 2.69. The monoisotopic (exact) mass is 316 g/mol. The summed E-state index contributed by atoms with van der Waals surface area (Å²) >= 11 is 0. The van der Waals surface area contributed by atoms with Crippen molar-refractivity contribution in [3.8, 4) is 5.75 Å². The van der Waals surface area contributed by atoms with Crippen LogP contribution in [-0.2, 0) is 13.1 Å². The Balaban J connectivity index is 1.88. The van der Waals surface area contributed by atoms with Gasteiger partial charge in [0, 0.05) is 25.2 Å². The van der Waals surface area contributed by atoms with Gasteiger partial charge in [-0.3, -0.25) is 4.99 Å². The van der Waals surface area contributed by atoms with Crippen LogP contribution in [0.2, 0.25) is 0 Å². The Labute approximate surface area is 136 Å². The minimum Gasteiger partial charge on any atom is -0.496 e. The van der Waals surface area contributed by atoms with E-state index in [0.717, 1.165) is 22.8 Å². The number of ether oxygens (including phenoxy) is 1. The van der Waals surface area contributed by atoms with Crippen LogP contribution in [0.25, 0.3) is 0 Å². The number of hydrogen-bond acceptors (Lipinski definition) is 4. The number of benzene rings is 1. The van der Waals surface area contributed by atoms with Crippen LogP contribution in [0.4, 0.5) is 0 Å². The molecule has 0 amide bonds. The summed E-state index contributed by atoms with van der Waals surface area (Å²) in [7, 11) is 3.40. The molecule has 0 aliphatic rings. The number of guanidine groups is 1. The quantitative estimate of drug-likeness (QED) is 0.633. The molecule has 1 aromatic carbocycles. The van der Waals surface area contributed by atoms with E-state index < -0.39 is 0 Å². The van der Waals surface area contributed by atoms with Crippen molar-refractivity contribution in [2.24, 2.45) is 4.99 Å². The predicted octanol–water partition coefficient (Wildman–Crippen LogP) is 2.67. The smallest absolute Gasteiger partial charge is 0.191 e. The second kappa shape index (κ2) is 8.22. The van der Waals surface area contributed by atoms with Crippen molar-refractivity contribution in [2.75, 3.05) is 14.2 Å². The van der Waals surface area contributed by atoms with E-state index in [2.05, 4.69) is 34.6 Å². The Bertz CT molecular complexity index is 650. The third-order valence-electron chi connectivity index (χ3n) is 3.46. The van der Waals surface area contributed by atoms with Gasteiger partial charge in [0.05, 0.1) is 19.3 Å². The Morgan fingerprint density at radius 2 is 2.00 bits per heavy atom. The number of nitrogens with one attached hydrogen (secondary N) is 2. The zero-order valence-electron chi connectivity index (χ0n) is 14.1. The highest BCUT2D eigenvalue weighted by molar-refractivity contribution is 5.79. The summed E-state index contributed by atoms with van der Waals surface area (Å²) in [6.07, 6.45) is 0. The number of methoxy groups -OCH3 is 1. The zero-order chi connectivity index (χ0) is 16.7. The molecular formula is C17H24N4O2. The van der Waals surface area contributed by atoms with E-state index in [1.807, 2.05) is 30.3 Å². The molecular weight excluding hydrogens is 292 g/mol. The van der Waals surface area contributed by atoms with E-state index in [1.54, 1.807) is 14.2 Å². The number of hydrogen-bond donors (Lipinski definition) is 2. The SMILES string of the molecule is CN=C(NCc1cc(C(C)C)no1)NCc1ccccc1OC. The maximum absolute atomic E-state index is 5.34. The van der Waals surface area contributed by atoms with Crippen LogP contribution in [0, 0.1) is 0 Å². The molecule has 0 aliphatic carbocycles. The van der Waals surface area contributed by atoms with Crippen LogP contribution in [0.5, 0.6) is 5.75 Å². The van der Waals surface area contributed by atoms with Gasteiger partial charge in [-0.25, -0.2) is 0 Å². The van der Waals surface area contributed by atoms with Gasteiger partial charge in [0.25, 0.3) is 0 Å². The molecule has 1 aromatic heterocycles. The van der Waals surface area contributed by atoms with E-state index in [1.165, 1.54) is 0 Å². The fourth-order valence-electron chi connectivity index (χ4n) is 2.10. The minimum absolute atomic E-state index is 0.357. The Morgan fingerprint density at radius 3 is 2.65 bits per heavy atom. The highest BCUT2D eigenvalue weighted by Gasteiger charge is 2.08. The fraction of sp³-hybridized carbons (Fsp3) is 0.412. The number of para-hydroxylation sites is 1. The topological polar surface area (TPSA) is 71.7 Å². The highest BCUT2D eigenvalue weighted by atomic mass is 16.5. The first-order valence-corrected chi connectivity index (χ1v) is 7.66. The van der Waals surface area contributed by atoms with Crippen LogP contribution < -0.4 is 15.4 Å². The fourth-order valence-corrected chi connectivity index (χ4v) is 2.10. The Hall–Kier alpha value is -2.50. The molecule has 0 bridgehead atoms. The molecule has 0 atom stereocenters. The van der Waals surface area contributed by atoms with Gasteiger partial charge in [0.1, 0.15) is 5.75 Å². The lowest BCUT2D eigenvalue weighted by atomic mass is 10.1. The van der Waals surface area contributed by atoms with Crippen molar-refractivity contribution in [1.82, 2.24) is 15.8 Å². The third kappa shape index (κ3) is 4.74. The predicted molar refractivity (Wildman–Crippen MR) is 90.6 cm³/mol. The van der Waals surface area contributed by atoms with Crippen molar-refractivity contribution in [1.29, 1.82) is 0 Å². The number of nitrogens with zero attached hydrogens (tertiary/aromatic N) is 2. The molecule has 0 fully saturated rings. The molecule has 2 rings (SSSR count). The van der Waals surface area contributed by atoms with E-state index in [9.17, 15) is 0 Å². The molecule has 6 nitrogen and oxygen atoms in total. The van der Waals surface area contributed by atoms with E-state index in [0.29, 0.717) is 25.0 Å². The molecule has 23 heavy (non-hydrogen) atoms. The van der Waals surface area contributed by atoms with Gasteiger partial charge in [0.2, 0.25) is 0 Å². The maximum Gasteiger partial charge on any atom is 0.191 e. The molecule has 0 aliphatic heterocycles. The van der Waals surface area contributed by atoms with Crippen molar-refractivity contribution >= 4 is 5.96 Å². The first-order chi connectivity index (χ1) is 11.1. The van der Waals surface area contributed by atoms with Crippen molar-refractivity contribution in [3.63, 3.8) is 0 Å². The lowest BCUT2D eigenvalue weighted by Crippen LogP contribution is -2.36. The van der Waals surface area contributed by atoms with Crippen molar-refractivity contribution < 1.29 is 9.26 Å². The number of aliphatic imine (C=N–C) groups is 1. The van der Waals surface area contributed by atoms with Gasteiger partial charge >= 0.3 is 0 Å². The molecule has 0 saturated carbocycles. The van der Waals surface area contributed by atoms with Gasteiger partial charge in [-0.2, -0.15) is 0 Å². The first-order valence-electron chi connectivity index (χ1n) is 7.66. The normalized spacial score (nSPS) is 11.6. The average Bonchev–Trinajstić information content (AvgIpc) is 3.04. The molecule has 2 aromatic rings. The average molecular weight is 316 g/mol. The largest absolute Gasteiger partial charge is 0.496 e. The summed E-state index contributed by atoms with van der Waals surface area (Å²) in [6, 6.07) is 9.86. The molecule has 1 heterocycles. The maximum atomic E-state index is 5.34. The number of rotatable bonds is 6. The van der Waals surface area contributed by atoms with E-state index in [-0.39, 0.29) is 0 Å². The third-order valence-corrected chi connectivity index (χ3v) is 3.46. The Kier molecular flexibility index (Phi) is 6.02. The van der Waals surface area contributed by atoms with Crippen LogP contribution >= 0.6 is 0 Å². The summed E-state index contributed by atoms with van der Waals surface area (Å²) in [4.78, 5) is 4.21. The lowest BCUT2D eigenvalue weighted by Gasteiger charge is -2.12. The highest BCUT2D eigenvalue weighted by Crippen LogP contribution is 2.16. The lowest BCUT2D eigenvalue weighted by molar-refractivity contribution is 0.372. The van der Waals surface area contributed by atoms with Crippen LogP contribution in [-0.4, -0.2) is 25.3 Å². The van der Waals surface area contributed by atoms with Crippen LogP contribution in [0.1, 0.15) is 36.8 Å². The molecule has 0 spiro atoms. The van der Waals surface area contributed by atoms with Gasteiger partial charge in [0.15, 0.2) is 11.7 Å². The van der Waals surface area contributed by atoms with Gasteiger partial charge in [-0.05, 0) is 12.0 Å². The summed E-state index contributed by atoms with van der Waals surface area (Å²) in [5.41, 5.74) is 2.03. The summed E-state index contributed by atoms with van der Waals surface area (Å²) in [5, 5.41) is 10.5. The standard InChI is InChI=1S/C17H24N4O2/c1-12(2)15-9-14(23-21-15)11-20-17(18-3)19-10-13-7-5-6-8-16(13)22-4/h5-9,12H,10-11H2,1-4H3,(H2,18,19,20). The van der Waals surface area contributed by atoms with E-state index in [4.69, 9.17) is 9.26 Å². The van der Waals surface area contributed by atoms with Gasteiger partial charge in [-0.15, -0.1) is 0 Å². The van der Waals surface area contributed by atoms with Crippen molar-refractivity contribution in [3.05, 3.63) is 47.3 Å². The van der Waals surface area contributed by atoms with Crippen LogP contribution in [0.15, 0.2) is 39.8 Å². The molecule has 2 N–H and O–H groups in total. The van der Waals surface area contributed by atoms with E-state index >= 15 is 0 Å². The van der Waals surface area contributed by atoms with Crippen LogP contribution in [0.3, 0.4) is 0 Å². The molecule has 0 unspecified atom stereocenters. The Morgan fingerprint density at radius 1 is 1.26 bits per heavy atom. The van der Waals surface area contributed by atoms with Gasteiger partial charge in [-0.1, -0.05) is 37.2 Å².